The average Bonchev–Trinajstić information content (AvgIpc) is 3.85. The third-order valence-corrected chi connectivity index (χ3v) is 11.6. The van der Waals surface area contributed by atoms with E-state index in [-0.39, 0.29) is 0 Å². The summed E-state index contributed by atoms with van der Waals surface area (Å²) in [7, 11) is 0. The Bertz CT molecular complexity index is 3100. The molecule has 0 N–H and O–H groups in total. The zero-order chi connectivity index (χ0) is 37.0. The summed E-state index contributed by atoms with van der Waals surface area (Å²) in [6.07, 6.45) is 1.04. The third-order valence-electron chi connectivity index (χ3n) is 11.6. The number of hydrogen-bond donors (Lipinski definition) is 0. The molecule has 2 heteroatoms. The summed E-state index contributed by atoms with van der Waals surface area (Å²) in [6, 6.07) is 75.6. The quantitative estimate of drug-likeness (QED) is 0.166. The second-order valence-electron chi connectivity index (χ2n) is 14.9. The smallest absolute Gasteiger partial charge is 0.0541 e. The maximum Gasteiger partial charge on any atom is 0.0541 e. The molecule has 11 rings (SSSR count). The Hall–Kier alpha value is -7.16. The van der Waals surface area contributed by atoms with Crippen LogP contribution in [0.5, 0.6) is 0 Å². The normalized spacial score (nSPS) is 12.5. The van der Waals surface area contributed by atoms with Gasteiger partial charge in [-0.05, 0) is 140 Å². The van der Waals surface area contributed by atoms with E-state index in [0.717, 1.165) is 13.0 Å². The fraction of sp³-hybridized carbons (Fsp3) is 0.0370. The molecule has 0 spiro atoms. The summed E-state index contributed by atoms with van der Waals surface area (Å²) >= 11 is 0. The molecule has 0 unspecified atom stereocenters. The number of nitrogens with zero attached hydrogens (tertiary/aromatic N) is 2. The molecule has 0 bridgehead atoms. The summed E-state index contributed by atoms with van der Waals surface area (Å²) in [5.41, 5.74) is 17.4. The maximum absolute atomic E-state index is 2.46. The van der Waals surface area contributed by atoms with Crippen molar-refractivity contribution in [1.29, 1.82) is 0 Å². The standard InChI is InChI=1S/C54H38N2/c1-2-19-48(20-3-1)56-53-22-7-6-21-50(53)51-36-46(25-28-54(51)56)43-18-10-16-41(33-43)39-14-8-13-38(31-39)40-15-9-17-42(32-40)45-24-27-52-47(34-45)29-30-55(52)49-26-23-37-11-4-5-12-44(37)35-49/h1-28,31-36H,29-30H2. The summed E-state index contributed by atoms with van der Waals surface area (Å²) in [4.78, 5) is 2.46. The Labute approximate surface area is 327 Å². The SMILES string of the molecule is c1ccc(-n2c3ccccc3c3cc(-c4cccc(-c5cccc(-c6cccc(-c7ccc8c(c7)CCN8c7ccc8ccccc8c7)c6)c5)c4)ccc32)cc1. The largest absolute Gasteiger partial charge is 0.341 e. The highest BCUT2D eigenvalue weighted by Crippen LogP contribution is 2.40. The maximum atomic E-state index is 2.46. The van der Waals surface area contributed by atoms with Crippen LogP contribution in [0.3, 0.4) is 0 Å². The van der Waals surface area contributed by atoms with E-state index in [9.17, 15) is 0 Å². The number of anilines is 2. The van der Waals surface area contributed by atoms with Gasteiger partial charge < -0.3 is 9.47 Å². The van der Waals surface area contributed by atoms with E-state index in [1.165, 1.54) is 99.7 Å². The second kappa shape index (κ2) is 13.3. The highest BCUT2D eigenvalue weighted by atomic mass is 15.2. The lowest BCUT2D eigenvalue weighted by Crippen LogP contribution is -2.12. The van der Waals surface area contributed by atoms with Gasteiger partial charge in [0, 0.05) is 34.4 Å². The zero-order valence-electron chi connectivity index (χ0n) is 30.9. The highest BCUT2D eigenvalue weighted by Gasteiger charge is 2.21. The van der Waals surface area contributed by atoms with Gasteiger partial charge in [0.05, 0.1) is 11.0 Å². The summed E-state index contributed by atoms with van der Waals surface area (Å²) in [6.45, 7) is 0.998. The van der Waals surface area contributed by atoms with Gasteiger partial charge in [0.25, 0.3) is 0 Å². The Kier molecular flexibility index (Phi) is 7.67. The van der Waals surface area contributed by atoms with E-state index in [1.807, 2.05) is 0 Å². The van der Waals surface area contributed by atoms with Gasteiger partial charge in [-0.3, -0.25) is 0 Å². The Morgan fingerprint density at radius 3 is 1.57 bits per heavy atom. The predicted molar refractivity (Wildman–Crippen MR) is 237 cm³/mol. The van der Waals surface area contributed by atoms with Crippen LogP contribution in [0.1, 0.15) is 5.56 Å². The Morgan fingerprint density at radius 1 is 0.321 bits per heavy atom. The van der Waals surface area contributed by atoms with E-state index in [4.69, 9.17) is 0 Å². The van der Waals surface area contributed by atoms with Crippen LogP contribution in [0.4, 0.5) is 11.4 Å². The van der Waals surface area contributed by atoms with E-state index in [2.05, 4.69) is 216 Å². The summed E-state index contributed by atoms with van der Waals surface area (Å²) in [5, 5.41) is 5.09. The van der Waals surface area contributed by atoms with E-state index >= 15 is 0 Å². The second-order valence-corrected chi connectivity index (χ2v) is 14.9. The van der Waals surface area contributed by atoms with E-state index in [1.54, 1.807) is 0 Å². The molecule has 2 nitrogen and oxygen atoms in total. The van der Waals surface area contributed by atoms with Gasteiger partial charge in [-0.1, -0.05) is 133 Å². The van der Waals surface area contributed by atoms with Gasteiger partial charge in [-0.25, -0.2) is 0 Å². The lowest BCUT2D eigenvalue weighted by atomic mass is 9.94. The highest BCUT2D eigenvalue weighted by molar-refractivity contribution is 6.10. The summed E-state index contributed by atoms with van der Waals surface area (Å²) < 4.78 is 2.37. The first kappa shape index (κ1) is 32.3. The first-order chi connectivity index (χ1) is 27.7. The molecule has 1 aromatic heterocycles. The van der Waals surface area contributed by atoms with Gasteiger partial charge in [0.15, 0.2) is 0 Å². The average molecular weight is 715 g/mol. The molecule has 0 aliphatic carbocycles. The van der Waals surface area contributed by atoms with Crippen LogP contribution < -0.4 is 4.90 Å². The number of para-hydroxylation sites is 2. The Morgan fingerprint density at radius 2 is 0.875 bits per heavy atom. The van der Waals surface area contributed by atoms with Gasteiger partial charge in [-0.15, -0.1) is 0 Å². The minimum atomic E-state index is 0.998. The van der Waals surface area contributed by atoms with Gasteiger partial charge in [-0.2, -0.15) is 0 Å². The summed E-state index contributed by atoms with van der Waals surface area (Å²) in [5.74, 6) is 0. The minimum absolute atomic E-state index is 0.998. The van der Waals surface area contributed by atoms with Crippen molar-refractivity contribution in [2.24, 2.45) is 0 Å². The molecule has 2 heterocycles. The van der Waals surface area contributed by atoms with Crippen LogP contribution in [0.15, 0.2) is 206 Å². The monoisotopic (exact) mass is 714 g/mol. The first-order valence-corrected chi connectivity index (χ1v) is 19.5. The number of rotatable bonds is 6. The van der Waals surface area contributed by atoms with Crippen molar-refractivity contribution in [3.05, 3.63) is 212 Å². The van der Waals surface area contributed by atoms with Gasteiger partial charge >= 0.3 is 0 Å². The molecule has 0 fully saturated rings. The van der Waals surface area contributed by atoms with Crippen LogP contribution in [-0.2, 0) is 6.42 Å². The van der Waals surface area contributed by atoms with Gasteiger partial charge in [0.2, 0.25) is 0 Å². The minimum Gasteiger partial charge on any atom is -0.341 e. The van der Waals surface area contributed by atoms with Crippen LogP contribution in [0.25, 0.3) is 82.8 Å². The van der Waals surface area contributed by atoms with Crippen LogP contribution in [0.2, 0.25) is 0 Å². The zero-order valence-corrected chi connectivity index (χ0v) is 30.9. The molecular formula is C54H38N2. The number of benzene rings is 9. The molecular weight excluding hydrogens is 677 g/mol. The first-order valence-electron chi connectivity index (χ1n) is 19.5. The molecule has 264 valence electrons. The molecule has 0 atom stereocenters. The van der Waals surface area contributed by atoms with Crippen molar-refractivity contribution >= 4 is 44.0 Å². The topological polar surface area (TPSA) is 8.17 Å². The van der Waals surface area contributed by atoms with Crippen molar-refractivity contribution in [2.45, 2.75) is 6.42 Å². The van der Waals surface area contributed by atoms with E-state index in [0.29, 0.717) is 0 Å². The third kappa shape index (κ3) is 5.58. The molecule has 10 aromatic rings. The molecule has 0 amide bonds. The lowest BCUT2D eigenvalue weighted by molar-refractivity contribution is 0.999. The fourth-order valence-electron chi connectivity index (χ4n) is 8.84. The molecule has 56 heavy (non-hydrogen) atoms. The number of hydrogen-bond acceptors (Lipinski definition) is 1. The van der Waals surface area contributed by atoms with Crippen molar-refractivity contribution in [3.63, 3.8) is 0 Å². The van der Waals surface area contributed by atoms with Crippen LogP contribution in [-0.4, -0.2) is 11.1 Å². The molecule has 9 aromatic carbocycles. The van der Waals surface area contributed by atoms with Crippen LogP contribution >= 0.6 is 0 Å². The number of fused-ring (bicyclic) bond motifs is 5. The molecule has 0 saturated heterocycles. The van der Waals surface area contributed by atoms with Crippen molar-refractivity contribution in [2.75, 3.05) is 11.4 Å². The molecule has 0 saturated carbocycles. The predicted octanol–water partition coefficient (Wildman–Crippen LogP) is 14.3. The molecule has 0 radical (unpaired) electrons. The Balaban J connectivity index is 0.891. The number of aromatic nitrogens is 1. The van der Waals surface area contributed by atoms with Crippen molar-refractivity contribution < 1.29 is 0 Å². The van der Waals surface area contributed by atoms with Crippen LogP contribution in [0, 0.1) is 0 Å². The molecule has 1 aliphatic heterocycles. The molecule has 1 aliphatic rings. The lowest BCUT2D eigenvalue weighted by Gasteiger charge is -2.20. The van der Waals surface area contributed by atoms with Crippen molar-refractivity contribution in [3.8, 4) is 50.2 Å². The van der Waals surface area contributed by atoms with E-state index < -0.39 is 0 Å². The fourth-order valence-corrected chi connectivity index (χ4v) is 8.84. The van der Waals surface area contributed by atoms with Crippen molar-refractivity contribution in [1.82, 2.24) is 4.57 Å². The van der Waals surface area contributed by atoms with Gasteiger partial charge in [0.1, 0.15) is 0 Å².